The number of hydrogen-bond acceptors (Lipinski definition) is 2. The molecule has 1 aromatic heterocycles. The maximum atomic E-state index is 6.05. The fraction of sp³-hybridized carbons (Fsp3) is 0.500. The molecule has 0 saturated carbocycles. The molecule has 6 heteroatoms. The van der Waals surface area contributed by atoms with E-state index in [4.69, 9.17) is 16.6 Å². The number of guanidine groups is 1. The predicted molar refractivity (Wildman–Crippen MR) is 110 cm³/mol. The lowest BCUT2D eigenvalue weighted by Gasteiger charge is -2.12. The van der Waals surface area contributed by atoms with Crippen LogP contribution in [0.15, 0.2) is 29.3 Å². The minimum Gasteiger partial charge on any atom is -0.357 e. The molecule has 1 heterocycles. The smallest absolute Gasteiger partial charge is 0.191 e. The van der Waals surface area contributed by atoms with E-state index in [1.807, 2.05) is 29.9 Å². The van der Waals surface area contributed by atoms with Crippen LogP contribution in [0.4, 0.5) is 0 Å². The van der Waals surface area contributed by atoms with Crippen molar-refractivity contribution in [3.8, 4) is 0 Å². The summed E-state index contributed by atoms with van der Waals surface area (Å²) in [7, 11) is 2.01. The van der Waals surface area contributed by atoms with Crippen LogP contribution in [0.3, 0.4) is 0 Å². The largest absolute Gasteiger partial charge is 0.357 e. The van der Waals surface area contributed by atoms with E-state index in [1.165, 1.54) is 16.8 Å². The highest BCUT2D eigenvalue weighted by Gasteiger charge is 2.13. The van der Waals surface area contributed by atoms with Crippen LogP contribution < -0.4 is 10.6 Å². The molecule has 0 spiro atoms. The quantitative estimate of drug-likeness (QED) is 0.548. The first-order chi connectivity index (χ1) is 12.6. The van der Waals surface area contributed by atoms with Gasteiger partial charge in [0, 0.05) is 36.4 Å². The average molecular weight is 376 g/mol. The Balaban J connectivity index is 2.02. The molecule has 0 aliphatic rings. The van der Waals surface area contributed by atoms with Crippen LogP contribution in [0.25, 0.3) is 0 Å². The van der Waals surface area contributed by atoms with Gasteiger partial charge in [-0.1, -0.05) is 37.6 Å². The van der Waals surface area contributed by atoms with E-state index < -0.39 is 0 Å². The molecular formula is C20H30ClN5. The van der Waals surface area contributed by atoms with Gasteiger partial charge in [-0.3, -0.25) is 4.68 Å². The zero-order chi connectivity index (χ0) is 18.9. The van der Waals surface area contributed by atoms with Gasteiger partial charge >= 0.3 is 0 Å². The number of aromatic nitrogens is 2. The zero-order valence-electron chi connectivity index (χ0n) is 16.3. The molecule has 0 unspecified atom stereocenters. The first kappa shape index (κ1) is 20.3. The third kappa shape index (κ3) is 5.49. The number of nitrogens with one attached hydrogen (secondary N) is 2. The third-order valence-corrected chi connectivity index (χ3v) is 4.60. The average Bonchev–Trinajstić information content (AvgIpc) is 2.94. The number of halogens is 1. The maximum absolute atomic E-state index is 6.05. The maximum Gasteiger partial charge on any atom is 0.191 e. The summed E-state index contributed by atoms with van der Waals surface area (Å²) >= 11 is 6.05. The molecule has 26 heavy (non-hydrogen) atoms. The van der Waals surface area contributed by atoms with Gasteiger partial charge in [-0.15, -0.1) is 0 Å². The summed E-state index contributed by atoms with van der Waals surface area (Å²) in [5.41, 5.74) is 4.88. The number of aliphatic imine (C=N–C) groups is 1. The van der Waals surface area contributed by atoms with Gasteiger partial charge in [0.05, 0.1) is 12.2 Å². The van der Waals surface area contributed by atoms with Crippen LogP contribution in [0.5, 0.6) is 0 Å². The van der Waals surface area contributed by atoms with E-state index in [0.717, 1.165) is 49.0 Å². The molecule has 0 saturated heterocycles. The van der Waals surface area contributed by atoms with Crippen molar-refractivity contribution in [2.24, 2.45) is 12.0 Å². The molecule has 0 amide bonds. The summed E-state index contributed by atoms with van der Waals surface area (Å²) in [5, 5.41) is 12.1. The lowest BCUT2D eigenvalue weighted by atomic mass is 10.1. The topological polar surface area (TPSA) is 54.2 Å². The summed E-state index contributed by atoms with van der Waals surface area (Å²) in [6.45, 7) is 8.67. The Morgan fingerprint density at radius 3 is 2.65 bits per heavy atom. The van der Waals surface area contributed by atoms with E-state index in [-0.39, 0.29) is 0 Å². The van der Waals surface area contributed by atoms with Crippen LogP contribution in [0.1, 0.15) is 43.3 Å². The predicted octanol–water partition coefficient (Wildman–Crippen LogP) is 3.50. The van der Waals surface area contributed by atoms with Crippen LogP contribution in [-0.2, 0) is 32.9 Å². The van der Waals surface area contributed by atoms with Crippen LogP contribution in [-0.4, -0.2) is 28.8 Å². The second-order valence-corrected chi connectivity index (χ2v) is 6.64. The van der Waals surface area contributed by atoms with Crippen molar-refractivity contribution in [3.05, 3.63) is 51.8 Å². The molecule has 2 aromatic rings. The van der Waals surface area contributed by atoms with Gasteiger partial charge in [0.15, 0.2) is 5.96 Å². The molecule has 0 bridgehead atoms. The minimum absolute atomic E-state index is 0.646. The molecule has 2 N–H and O–H groups in total. The molecule has 2 rings (SSSR count). The second-order valence-electron chi connectivity index (χ2n) is 6.20. The molecule has 0 radical (unpaired) electrons. The molecule has 0 aliphatic heterocycles. The van der Waals surface area contributed by atoms with Gasteiger partial charge < -0.3 is 10.6 Å². The molecule has 142 valence electrons. The van der Waals surface area contributed by atoms with Gasteiger partial charge in [-0.25, -0.2) is 4.99 Å². The Morgan fingerprint density at radius 2 is 2.00 bits per heavy atom. The number of nitrogens with zero attached hydrogens (tertiary/aromatic N) is 3. The Bertz CT molecular complexity index is 736. The molecule has 0 aliphatic carbocycles. The van der Waals surface area contributed by atoms with Crippen LogP contribution in [0.2, 0.25) is 5.02 Å². The molecular weight excluding hydrogens is 346 g/mol. The number of rotatable bonds is 8. The van der Waals surface area contributed by atoms with Crippen molar-refractivity contribution in [1.82, 2.24) is 20.4 Å². The number of hydrogen-bond donors (Lipinski definition) is 2. The molecule has 0 atom stereocenters. The highest BCUT2D eigenvalue weighted by molar-refractivity contribution is 6.30. The summed E-state index contributed by atoms with van der Waals surface area (Å²) in [6.07, 6.45) is 2.79. The highest BCUT2D eigenvalue weighted by Crippen LogP contribution is 2.16. The van der Waals surface area contributed by atoms with Crippen LogP contribution >= 0.6 is 11.6 Å². The highest BCUT2D eigenvalue weighted by atomic mass is 35.5. The first-order valence-electron chi connectivity index (χ1n) is 9.39. The standard InChI is InChI=1S/C20H30ClN5/c1-5-18-17(19(6-2)26(4)25-18)14-24-20(22-7-3)23-12-11-15-9-8-10-16(21)13-15/h8-10,13H,5-7,11-12,14H2,1-4H3,(H2,22,23,24). The van der Waals surface area contributed by atoms with E-state index in [1.54, 1.807) is 0 Å². The van der Waals surface area contributed by atoms with E-state index >= 15 is 0 Å². The fourth-order valence-corrected chi connectivity index (χ4v) is 3.30. The Kier molecular flexibility index (Phi) is 7.98. The van der Waals surface area contributed by atoms with Gasteiger partial charge in [-0.05, 0) is 43.9 Å². The van der Waals surface area contributed by atoms with Crippen molar-refractivity contribution in [3.63, 3.8) is 0 Å². The summed E-state index contributed by atoms with van der Waals surface area (Å²) in [4.78, 5) is 4.78. The minimum atomic E-state index is 0.646. The molecule has 5 nitrogen and oxygen atoms in total. The van der Waals surface area contributed by atoms with E-state index in [0.29, 0.717) is 6.54 Å². The van der Waals surface area contributed by atoms with Gasteiger partial charge in [0.25, 0.3) is 0 Å². The molecule has 1 aromatic carbocycles. The van der Waals surface area contributed by atoms with Gasteiger partial charge in [0.1, 0.15) is 0 Å². The van der Waals surface area contributed by atoms with Crippen molar-refractivity contribution in [2.45, 2.75) is 46.6 Å². The van der Waals surface area contributed by atoms with Crippen molar-refractivity contribution in [1.29, 1.82) is 0 Å². The third-order valence-electron chi connectivity index (χ3n) is 4.36. The summed E-state index contributed by atoms with van der Waals surface area (Å²) < 4.78 is 1.99. The fourth-order valence-electron chi connectivity index (χ4n) is 3.09. The Morgan fingerprint density at radius 1 is 1.19 bits per heavy atom. The lowest BCUT2D eigenvalue weighted by molar-refractivity contribution is 0.703. The van der Waals surface area contributed by atoms with Gasteiger partial charge in [0.2, 0.25) is 0 Å². The summed E-state index contributed by atoms with van der Waals surface area (Å²) in [5.74, 6) is 0.836. The Labute approximate surface area is 161 Å². The SMILES string of the molecule is CCNC(=NCc1c(CC)nn(C)c1CC)NCCc1cccc(Cl)c1. The lowest BCUT2D eigenvalue weighted by Crippen LogP contribution is -2.38. The van der Waals surface area contributed by atoms with Crippen molar-refractivity contribution >= 4 is 17.6 Å². The van der Waals surface area contributed by atoms with Crippen molar-refractivity contribution < 1.29 is 0 Å². The second kappa shape index (κ2) is 10.2. The van der Waals surface area contributed by atoms with Crippen LogP contribution in [0, 0.1) is 0 Å². The number of aryl methyl sites for hydroxylation is 2. The summed E-state index contributed by atoms with van der Waals surface area (Å²) in [6, 6.07) is 7.98. The van der Waals surface area contributed by atoms with E-state index in [9.17, 15) is 0 Å². The normalized spacial score (nSPS) is 11.7. The number of benzene rings is 1. The van der Waals surface area contributed by atoms with E-state index in [2.05, 4.69) is 42.6 Å². The van der Waals surface area contributed by atoms with Crippen molar-refractivity contribution in [2.75, 3.05) is 13.1 Å². The molecule has 0 fully saturated rings. The zero-order valence-corrected chi connectivity index (χ0v) is 17.0. The first-order valence-corrected chi connectivity index (χ1v) is 9.77. The Hall–Kier alpha value is -2.01. The van der Waals surface area contributed by atoms with Gasteiger partial charge in [-0.2, -0.15) is 5.10 Å². The monoisotopic (exact) mass is 375 g/mol.